The summed E-state index contributed by atoms with van der Waals surface area (Å²) in [6.07, 6.45) is 2.23. The monoisotopic (exact) mass is 506 g/mol. The largest absolute Gasteiger partial charge is 0.497 e. The average molecular weight is 507 g/mol. The number of rotatable bonds is 8. The van der Waals surface area contributed by atoms with E-state index in [1.165, 1.54) is 26.0 Å². The molecule has 4 aromatic rings. The van der Waals surface area contributed by atoms with Gasteiger partial charge in [-0.1, -0.05) is 0 Å². The normalized spacial score (nSPS) is 10.9. The van der Waals surface area contributed by atoms with Crippen LogP contribution in [-0.2, 0) is 27.2 Å². The number of amides is 1. The van der Waals surface area contributed by atoms with Crippen LogP contribution in [0.25, 0.3) is 21.9 Å². The van der Waals surface area contributed by atoms with Crippen LogP contribution in [0.4, 0.5) is 0 Å². The van der Waals surface area contributed by atoms with Gasteiger partial charge in [-0.2, -0.15) is 0 Å². The van der Waals surface area contributed by atoms with Crippen LogP contribution in [0, 0.1) is 6.92 Å². The Hall–Kier alpha value is -4.60. The Morgan fingerprint density at radius 3 is 2.49 bits per heavy atom. The quantitative estimate of drug-likeness (QED) is 0.211. The number of aryl methyl sites for hydroxylation is 1. The van der Waals surface area contributed by atoms with Gasteiger partial charge in [-0.05, 0) is 42.7 Å². The van der Waals surface area contributed by atoms with Crippen molar-refractivity contribution in [2.24, 2.45) is 0 Å². The van der Waals surface area contributed by atoms with E-state index in [4.69, 9.17) is 18.6 Å². The molecule has 10 nitrogen and oxygen atoms in total. The van der Waals surface area contributed by atoms with E-state index in [2.05, 4.69) is 10.3 Å². The molecule has 0 saturated carbocycles. The Bertz CT molecular complexity index is 1580. The summed E-state index contributed by atoms with van der Waals surface area (Å²) in [5, 5.41) is 4.18. The molecule has 2 N–H and O–H groups in total. The van der Waals surface area contributed by atoms with E-state index in [0.29, 0.717) is 23.9 Å². The number of aromatic amines is 1. The Morgan fingerprint density at radius 1 is 1.03 bits per heavy atom. The van der Waals surface area contributed by atoms with Crippen molar-refractivity contribution in [1.82, 2.24) is 10.3 Å². The van der Waals surface area contributed by atoms with Crippen LogP contribution >= 0.6 is 0 Å². The molecule has 0 atom stereocenters. The molecule has 2 heterocycles. The molecule has 192 valence electrons. The predicted octanol–water partition coefficient (Wildman–Crippen LogP) is 3.34. The summed E-state index contributed by atoms with van der Waals surface area (Å²) in [4.78, 5) is 51.7. The van der Waals surface area contributed by atoms with E-state index in [9.17, 15) is 19.2 Å². The van der Waals surface area contributed by atoms with Crippen molar-refractivity contribution in [1.29, 1.82) is 0 Å². The van der Waals surface area contributed by atoms with Gasteiger partial charge in [0, 0.05) is 49.6 Å². The third-order valence-electron chi connectivity index (χ3n) is 5.86. The third kappa shape index (κ3) is 5.64. The molecule has 0 spiro atoms. The molecule has 0 radical (unpaired) electrons. The van der Waals surface area contributed by atoms with E-state index in [1.54, 1.807) is 14.0 Å². The number of ether oxygens (including phenoxy) is 3. The number of fused-ring (bicyclic) bond motifs is 2. The molecular weight excluding hydrogens is 480 g/mol. The van der Waals surface area contributed by atoms with E-state index in [0.717, 1.165) is 22.2 Å². The summed E-state index contributed by atoms with van der Waals surface area (Å²) in [5.74, 6) is -0.715. The number of carbonyl (C=O) groups excluding carboxylic acids is 3. The molecular formula is C27H26N2O8. The van der Waals surface area contributed by atoms with E-state index < -0.39 is 17.6 Å². The molecule has 4 rings (SSSR count). The lowest BCUT2D eigenvalue weighted by molar-refractivity contribution is -0.132. The molecule has 0 aliphatic carbocycles. The zero-order valence-corrected chi connectivity index (χ0v) is 20.9. The highest BCUT2D eigenvalue weighted by molar-refractivity contribution is 5.92. The van der Waals surface area contributed by atoms with Gasteiger partial charge in [-0.15, -0.1) is 0 Å². The lowest BCUT2D eigenvalue weighted by Crippen LogP contribution is -2.29. The van der Waals surface area contributed by atoms with Gasteiger partial charge >= 0.3 is 17.6 Å². The maximum absolute atomic E-state index is 12.7. The van der Waals surface area contributed by atoms with Crippen molar-refractivity contribution in [2.75, 3.05) is 13.7 Å². The Labute approximate surface area is 211 Å². The van der Waals surface area contributed by atoms with Gasteiger partial charge in [0.05, 0.1) is 24.5 Å². The molecule has 37 heavy (non-hydrogen) atoms. The smallest absolute Gasteiger partial charge is 0.340 e. The van der Waals surface area contributed by atoms with Crippen LogP contribution in [0.1, 0.15) is 30.5 Å². The Kier molecular flexibility index (Phi) is 7.28. The van der Waals surface area contributed by atoms with E-state index >= 15 is 0 Å². The number of carbonyl (C=O) groups is 3. The summed E-state index contributed by atoms with van der Waals surface area (Å²) >= 11 is 0. The van der Waals surface area contributed by atoms with Gasteiger partial charge in [-0.25, -0.2) is 4.79 Å². The number of methoxy groups -OCH3 is 1. The summed E-state index contributed by atoms with van der Waals surface area (Å²) in [7, 11) is 1.60. The van der Waals surface area contributed by atoms with Crippen molar-refractivity contribution in [3.63, 3.8) is 0 Å². The van der Waals surface area contributed by atoms with Crippen LogP contribution < -0.4 is 25.2 Å². The molecule has 0 fully saturated rings. The lowest BCUT2D eigenvalue weighted by atomic mass is 10.0. The fraction of sp³-hybridized carbons (Fsp3) is 0.259. The standard InChI is InChI=1S/C27H26N2O8/c1-14-20(12-25(32)28-8-7-17-13-29-22-6-5-18(34-4)9-21(17)22)27(33)37-24-11-19(35-15(2)30)10-23(26(14)24)36-16(3)31/h5-6,9-11,13,29H,7-8,12H2,1-4H3,(H,28,32). The van der Waals surface area contributed by atoms with Gasteiger partial charge < -0.3 is 28.9 Å². The van der Waals surface area contributed by atoms with Crippen molar-refractivity contribution < 1.29 is 33.0 Å². The highest BCUT2D eigenvalue weighted by atomic mass is 16.5. The van der Waals surface area contributed by atoms with Crippen LogP contribution in [0.15, 0.2) is 45.7 Å². The minimum absolute atomic E-state index is 0.0546. The first-order chi connectivity index (χ1) is 17.7. The molecule has 0 aliphatic heterocycles. The van der Waals surface area contributed by atoms with Gasteiger partial charge in [0.2, 0.25) is 5.91 Å². The van der Waals surface area contributed by atoms with Crippen molar-refractivity contribution in [3.05, 3.63) is 63.6 Å². The number of nitrogens with one attached hydrogen (secondary N) is 2. The first-order valence-electron chi connectivity index (χ1n) is 11.5. The van der Waals surface area contributed by atoms with Crippen LogP contribution in [0.5, 0.6) is 17.2 Å². The number of hydrogen-bond acceptors (Lipinski definition) is 8. The predicted molar refractivity (Wildman–Crippen MR) is 135 cm³/mol. The Morgan fingerprint density at radius 2 is 1.78 bits per heavy atom. The highest BCUT2D eigenvalue weighted by Gasteiger charge is 2.20. The van der Waals surface area contributed by atoms with Crippen LogP contribution in [-0.4, -0.2) is 36.5 Å². The molecule has 0 unspecified atom stereocenters. The van der Waals surface area contributed by atoms with Crippen molar-refractivity contribution in [3.8, 4) is 17.2 Å². The summed E-state index contributed by atoms with van der Waals surface area (Å²) in [6.45, 7) is 4.43. The number of esters is 2. The molecule has 0 saturated heterocycles. The van der Waals surface area contributed by atoms with Crippen molar-refractivity contribution in [2.45, 2.75) is 33.6 Å². The molecule has 0 bridgehead atoms. The summed E-state index contributed by atoms with van der Waals surface area (Å²) in [6, 6.07) is 8.44. The van der Waals surface area contributed by atoms with Crippen LogP contribution in [0.3, 0.4) is 0 Å². The molecule has 10 heteroatoms. The van der Waals surface area contributed by atoms with E-state index in [1.807, 2.05) is 24.4 Å². The molecule has 0 aliphatic rings. The fourth-order valence-electron chi connectivity index (χ4n) is 4.20. The Balaban J connectivity index is 1.54. The minimum atomic E-state index is -0.711. The number of benzene rings is 2. The maximum Gasteiger partial charge on any atom is 0.340 e. The highest BCUT2D eigenvalue weighted by Crippen LogP contribution is 2.34. The maximum atomic E-state index is 12.7. The fourth-order valence-corrected chi connectivity index (χ4v) is 4.20. The van der Waals surface area contributed by atoms with Gasteiger partial charge in [-0.3, -0.25) is 14.4 Å². The first-order valence-corrected chi connectivity index (χ1v) is 11.5. The lowest BCUT2D eigenvalue weighted by Gasteiger charge is -2.13. The third-order valence-corrected chi connectivity index (χ3v) is 5.86. The number of aromatic nitrogens is 1. The van der Waals surface area contributed by atoms with Crippen molar-refractivity contribution >= 4 is 39.7 Å². The molecule has 2 aromatic heterocycles. The zero-order chi connectivity index (χ0) is 26.7. The topological polar surface area (TPSA) is 137 Å². The first kappa shape index (κ1) is 25.5. The average Bonchev–Trinajstić information content (AvgIpc) is 3.22. The summed E-state index contributed by atoms with van der Waals surface area (Å²) < 4.78 is 21.1. The second kappa shape index (κ2) is 10.6. The second-order valence-electron chi connectivity index (χ2n) is 8.48. The summed E-state index contributed by atoms with van der Waals surface area (Å²) in [5.41, 5.74) is 1.90. The van der Waals surface area contributed by atoms with E-state index in [-0.39, 0.29) is 35.0 Å². The zero-order valence-electron chi connectivity index (χ0n) is 20.9. The number of H-pyrrole nitrogens is 1. The minimum Gasteiger partial charge on any atom is -0.497 e. The molecule has 1 amide bonds. The van der Waals surface area contributed by atoms with Gasteiger partial charge in [0.25, 0.3) is 0 Å². The van der Waals surface area contributed by atoms with Gasteiger partial charge in [0.1, 0.15) is 22.8 Å². The number of hydrogen-bond donors (Lipinski definition) is 2. The van der Waals surface area contributed by atoms with Crippen LogP contribution in [0.2, 0.25) is 0 Å². The SMILES string of the molecule is COc1ccc2[nH]cc(CCNC(=O)Cc3c(C)c4c(OC(C)=O)cc(OC(C)=O)cc4oc3=O)c2c1. The van der Waals surface area contributed by atoms with Gasteiger partial charge in [0.15, 0.2) is 0 Å². The second-order valence-corrected chi connectivity index (χ2v) is 8.48. The molecule has 2 aromatic carbocycles.